The van der Waals surface area contributed by atoms with Gasteiger partial charge in [-0.15, -0.1) is 0 Å². The largest absolute Gasteiger partial charge is 0.483 e. The second-order valence-corrected chi connectivity index (χ2v) is 5.59. The highest BCUT2D eigenvalue weighted by molar-refractivity contribution is 5.88. The van der Waals surface area contributed by atoms with E-state index in [9.17, 15) is 18.0 Å². The van der Waals surface area contributed by atoms with Crippen molar-refractivity contribution < 1.29 is 17.9 Å². The first-order valence-electron chi connectivity index (χ1n) is 7.83. The number of hydrogen-bond acceptors (Lipinski definition) is 2. The Labute approximate surface area is 142 Å². The molecule has 0 aliphatic heterocycles. The molecule has 0 aliphatic carbocycles. The molecule has 0 amide bonds. The van der Waals surface area contributed by atoms with Gasteiger partial charge in [-0.2, -0.15) is 13.2 Å². The SMILES string of the molecule is CCc1cc2cccc(OCC(F)(F)F)c2c(=O)n1-c1ccccc1. The van der Waals surface area contributed by atoms with E-state index >= 15 is 0 Å². The highest BCUT2D eigenvalue weighted by Gasteiger charge is 2.29. The average Bonchev–Trinajstić information content (AvgIpc) is 2.59. The van der Waals surface area contributed by atoms with Gasteiger partial charge >= 0.3 is 6.18 Å². The molecule has 2 aromatic carbocycles. The molecule has 0 fully saturated rings. The first kappa shape index (κ1) is 17.1. The first-order valence-corrected chi connectivity index (χ1v) is 7.83. The van der Waals surface area contributed by atoms with E-state index in [-0.39, 0.29) is 11.1 Å². The fourth-order valence-electron chi connectivity index (χ4n) is 2.78. The molecule has 6 heteroatoms. The Balaban J connectivity index is 2.24. The van der Waals surface area contributed by atoms with E-state index in [0.29, 0.717) is 17.5 Å². The molecule has 0 atom stereocenters. The van der Waals surface area contributed by atoms with Crippen LogP contribution in [0.5, 0.6) is 5.75 Å². The average molecular weight is 347 g/mol. The standard InChI is InChI=1S/C19H16F3NO2/c1-2-14-11-13-7-6-10-16(25-12-19(20,21)22)17(13)18(24)23(14)15-8-4-3-5-9-15/h3-11H,2,12H2,1H3. The van der Waals surface area contributed by atoms with Crippen LogP contribution in [-0.4, -0.2) is 17.4 Å². The van der Waals surface area contributed by atoms with Crippen molar-refractivity contribution in [2.75, 3.05) is 6.61 Å². The Bertz CT molecular complexity index is 947. The summed E-state index contributed by atoms with van der Waals surface area (Å²) in [5, 5.41) is 0.710. The molecule has 1 aromatic heterocycles. The third-order valence-corrected chi connectivity index (χ3v) is 3.85. The van der Waals surface area contributed by atoms with E-state index in [2.05, 4.69) is 0 Å². The van der Waals surface area contributed by atoms with Gasteiger partial charge in [0.05, 0.1) is 5.39 Å². The van der Waals surface area contributed by atoms with Gasteiger partial charge in [0.2, 0.25) is 0 Å². The van der Waals surface area contributed by atoms with Crippen molar-refractivity contribution in [3.05, 3.63) is 70.6 Å². The van der Waals surface area contributed by atoms with Crippen LogP contribution in [0.25, 0.3) is 16.5 Å². The summed E-state index contributed by atoms with van der Waals surface area (Å²) in [5.74, 6) is -0.0628. The molecule has 25 heavy (non-hydrogen) atoms. The quantitative estimate of drug-likeness (QED) is 0.696. The summed E-state index contributed by atoms with van der Waals surface area (Å²) in [6.07, 6.45) is -3.86. The molecule has 0 saturated carbocycles. The van der Waals surface area contributed by atoms with Gasteiger partial charge in [-0.3, -0.25) is 9.36 Å². The van der Waals surface area contributed by atoms with Crippen LogP contribution in [-0.2, 0) is 6.42 Å². The number of halogens is 3. The molecule has 0 spiro atoms. The van der Waals surface area contributed by atoms with Crippen LogP contribution >= 0.6 is 0 Å². The number of fused-ring (bicyclic) bond motifs is 1. The molecule has 0 bridgehead atoms. The van der Waals surface area contributed by atoms with E-state index in [1.54, 1.807) is 36.4 Å². The third-order valence-electron chi connectivity index (χ3n) is 3.85. The monoisotopic (exact) mass is 347 g/mol. The normalized spacial score (nSPS) is 11.7. The summed E-state index contributed by atoms with van der Waals surface area (Å²) < 4.78 is 43.9. The molecule has 0 aliphatic rings. The van der Waals surface area contributed by atoms with E-state index in [1.807, 2.05) is 19.1 Å². The number of aromatic nitrogens is 1. The summed E-state index contributed by atoms with van der Waals surface area (Å²) in [5.41, 5.74) is 1.05. The molecular weight excluding hydrogens is 331 g/mol. The molecule has 0 radical (unpaired) electrons. The molecule has 3 aromatic rings. The second kappa shape index (κ2) is 6.63. The Morgan fingerprint density at radius 3 is 2.40 bits per heavy atom. The maximum atomic E-state index is 13.1. The minimum absolute atomic E-state index is 0.0628. The molecule has 0 unspecified atom stereocenters. The smallest absolute Gasteiger partial charge is 0.422 e. The highest BCUT2D eigenvalue weighted by atomic mass is 19.4. The summed E-state index contributed by atoms with van der Waals surface area (Å²) in [4.78, 5) is 13.1. The maximum absolute atomic E-state index is 13.1. The zero-order valence-electron chi connectivity index (χ0n) is 13.5. The summed E-state index contributed by atoms with van der Waals surface area (Å²) in [6, 6.07) is 15.5. The van der Waals surface area contributed by atoms with Crippen LogP contribution in [0.3, 0.4) is 0 Å². The van der Waals surface area contributed by atoms with E-state index < -0.39 is 18.3 Å². The van der Waals surface area contributed by atoms with Crippen LogP contribution in [0, 0.1) is 0 Å². The number of hydrogen-bond donors (Lipinski definition) is 0. The van der Waals surface area contributed by atoms with Crippen molar-refractivity contribution in [2.24, 2.45) is 0 Å². The molecule has 3 rings (SSSR count). The van der Waals surface area contributed by atoms with Gasteiger partial charge in [0.1, 0.15) is 5.75 Å². The molecule has 130 valence electrons. The van der Waals surface area contributed by atoms with Gasteiger partial charge in [0, 0.05) is 11.4 Å². The Morgan fingerprint density at radius 2 is 1.76 bits per heavy atom. The van der Waals surface area contributed by atoms with Gasteiger partial charge in [-0.25, -0.2) is 0 Å². The van der Waals surface area contributed by atoms with Crippen molar-refractivity contribution >= 4 is 10.8 Å². The number of aryl methyl sites for hydroxylation is 1. The number of para-hydroxylation sites is 1. The van der Waals surface area contributed by atoms with Crippen molar-refractivity contribution in [1.82, 2.24) is 4.57 Å². The lowest BCUT2D eigenvalue weighted by Gasteiger charge is -2.16. The van der Waals surface area contributed by atoms with E-state index in [4.69, 9.17) is 4.74 Å². The van der Waals surface area contributed by atoms with Crippen LogP contribution in [0.4, 0.5) is 13.2 Å². The number of alkyl halides is 3. The minimum Gasteiger partial charge on any atom is -0.483 e. The summed E-state index contributed by atoms with van der Waals surface area (Å²) >= 11 is 0. The lowest BCUT2D eigenvalue weighted by Crippen LogP contribution is -2.24. The predicted octanol–water partition coefficient (Wildman–Crippen LogP) is 4.49. The number of nitrogens with zero attached hydrogens (tertiary/aromatic N) is 1. The lowest BCUT2D eigenvalue weighted by atomic mass is 10.1. The topological polar surface area (TPSA) is 31.2 Å². The summed E-state index contributed by atoms with van der Waals surface area (Å²) in [6.45, 7) is 0.483. The van der Waals surface area contributed by atoms with Crippen molar-refractivity contribution in [3.8, 4) is 11.4 Å². The lowest BCUT2D eigenvalue weighted by molar-refractivity contribution is -0.153. The number of rotatable bonds is 4. The van der Waals surface area contributed by atoms with Gasteiger partial charge in [-0.05, 0) is 36.1 Å². The Kier molecular flexibility index (Phi) is 4.53. The predicted molar refractivity (Wildman–Crippen MR) is 90.5 cm³/mol. The summed E-state index contributed by atoms with van der Waals surface area (Å²) in [7, 11) is 0. The van der Waals surface area contributed by atoms with E-state index in [0.717, 1.165) is 5.69 Å². The van der Waals surface area contributed by atoms with Crippen LogP contribution in [0.1, 0.15) is 12.6 Å². The third kappa shape index (κ3) is 3.52. The first-order chi connectivity index (χ1) is 11.9. The number of pyridine rings is 1. The molecule has 0 saturated heterocycles. The Hall–Kier alpha value is -2.76. The van der Waals surface area contributed by atoms with Gasteiger partial charge < -0.3 is 4.74 Å². The maximum Gasteiger partial charge on any atom is 0.422 e. The van der Waals surface area contributed by atoms with Crippen molar-refractivity contribution in [2.45, 2.75) is 19.5 Å². The second-order valence-electron chi connectivity index (χ2n) is 5.59. The number of benzene rings is 2. The Morgan fingerprint density at radius 1 is 1.04 bits per heavy atom. The van der Waals surface area contributed by atoms with Crippen LogP contribution in [0.15, 0.2) is 59.4 Å². The van der Waals surface area contributed by atoms with Gasteiger partial charge in [0.25, 0.3) is 5.56 Å². The fourth-order valence-corrected chi connectivity index (χ4v) is 2.78. The minimum atomic E-state index is -4.47. The van der Waals surface area contributed by atoms with E-state index in [1.165, 1.54) is 10.6 Å². The molecular formula is C19H16F3NO2. The van der Waals surface area contributed by atoms with Gasteiger partial charge in [0.15, 0.2) is 6.61 Å². The highest BCUT2D eigenvalue weighted by Crippen LogP contribution is 2.26. The van der Waals surface area contributed by atoms with Crippen molar-refractivity contribution in [3.63, 3.8) is 0 Å². The van der Waals surface area contributed by atoms with Crippen LogP contribution in [0.2, 0.25) is 0 Å². The molecule has 0 N–H and O–H groups in total. The van der Waals surface area contributed by atoms with Crippen molar-refractivity contribution in [1.29, 1.82) is 0 Å². The fraction of sp³-hybridized carbons (Fsp3) is 0.211. The van der Waals surface area contributed by atoms with Crippen LogP contribution < -0.4 is 10.3 Å². The molecule has 1 heterocycles. The number of ether oxygens (including phenoxy) is 1. The zero-order chi connectivity index (χ0) is 18.0. The van der Waals surface area contributed by atoms with Gasteiger partial charge in [-0.1, -0.05) is 37.3 Å². The molecule has 3 nitrogen and oxygen atoms in total. The zero-order valence-corrected chi connectivity index (χ0v) is 13.5.